The Hall–Kier alpha value is -2.64. The number of rotatable bonds is 8. The fourth-order valence-corrected chi connectivity index (χ4v) is 3.11. The minimum absolute atomic E-state index is 0.286. The van der Waals surface area contributed by atoms with E-state index in [-0.39, 0.29) is 5.78 Å². The molecule has 2 aromatic rings. The van der Waals surface area contributed by atoms with E-state index in [0.29, 0.717) is 23.5 Å². The lowest BCUT2D eigenvalue weighted by atomic mass is 10.1. The van der Waals surface area contributed by atoms with Crippen LogP contribution in [0.15, 0.2) is 54.6 Å². The second kappa shape index (κ2) is 10.4. The van der Waals surface area contributed by atoms with Crippen LogP contribution in [0.1, 0.15) is 27.9 Å². The van der Waals surface area contributed by atoms with Crippen LogP contribution in [-0.4, -0.2) is 50.1 Å². The van der Waals surface area contributed by atoms with Crippen molar-refractivity contribution >= 4 is 11.9 Å². The van der Waals surface area contributed by atoms with Gasteiger partial charge in [-0.25, -0.2) is 0 Å². The number of nitrogens with zero attached hydrogens (tertiary/aromatic N) is 1. The normalized spacial score (nSPS) is 15.4. The Morgan fingerprint density at radius 2 is 1.83 bits per heavy atom. The first-order chi connectivity index (χ1) is 14.4. The lowest BCUT2D eigenvalue weighted by molar-refractivity contribution is -0.137. The predicted octanol–water partition coefficient (Wildman–Crippen LogP) is 4.70. The first-order valence-electron chi connectivity index (χ1n) is 9.84. The molecule has 1 fully saturated rings. The third-order valence-corrected chi connectivity index (χ3v) is 4.77. The molecule has 160 valence electrons. The van der Waals surface area contributed by atoms with Crippen molar-refractivity contribution in [2.75, 3.05) is 39.5 Å². The van der Waals surface area contributed by atoms with Gasteiger partial charge in [0.15, 0.2) is 5.78 Å². The van der Waals surface area contributed by atoms with Crippen LogP contribution in [0.5, 0.6) is 5.75 Å². The third-order valence-electron chi connectivity index (χ3n) is 4.77. The maximum Gasteiger partial charge on any atom is 0.416 e. The molecule has 0 amide bonds. The first kappa shape index (κ1) is 22.1. The van der Waals surface area contributed by atoms with E-state index >= 15 is 0 Å². The Labute approximate surface area is 173 Å². The Kier molecular flexibility index (Phi) is 7.65. The molecule has 0 aliphatic carbocycles. The van der Waals surface area contributed by atoms with Crippen LogP contribution in [-0.2, 0) is 10.9 Å². The fraction of sp³-hybridized carbons (Fsp3) is 0.348. The molecule has 1 heterocycles. The largest absolute Gasteiger partial charge is 0.494 e. The van der Waals surface area contributed by atoms with Gasteiger partial charge < -0.3 is 9.47 Å². The Morgan fingerprint density at radius 3 is 2.53 bits per heavy atom. The van der Waals surface area contributed by atoms with Crippen LogP contribution in [0, 0.1) is 0 Å². The minimum atomic E-state index is -4.41. The Morgan fingerprint density at radius 1 is 1.10 bits per heavy atom. The molecule has 4 nitrogen and oxygen atoms in total. The smallest absolute Gasteiger partial charge is 0.416 e. The summed E-state index contributed by atoms with van der Waals surface area (Å²) in [5.41, 5.74) is 0.0181. The van der Waals surface area contributed by atoms with Gasteiger partial charge in [0.2, 0.25) is 0 Å². The molecule has 7 heteroatoms. The summed E-state index contributed by atoms with van der Waals surface area (Å²) in [4.78, 5) is 14.6. The Bertz CT molecular complexity index is 857. The van der Waals surface area contributed by atoms with Crippen LogP contribution in [0.4, 0.5) is 13.2 Å². The van der Waals surface area contributed by atoms with Crippen molar-refractivity contribution < 1.29 is 27.4 Å². The van der Waals surface area contributed by atoms with Gasteiger partial charge in [0.05, 0.1) is 25.4 Å². The highest BCUT2D eigenvalue weighted by Gasteiger charge is 2.30. The van der Waals surface area contributed by atoms with E-state index in [2.05, 4.69) is 4.90 Å². The molecule has 2 aromatic carbocycles. The third kappa shape index (κ3) is 6.71. The summed E-state index contributed by atoms with van der Waals surface area (Å²) in [6, 6.07) is 11.6. The van der Waals surface area contributed by atoms with Gasteiger partial charge in [-0.15, -0.1) is 0 Å². The number of alkyl halides is 3. The van der Waals surface area contributed by atoms with Crippen LogP contribution < -0.4 is 4.74 Å². The molecule has 1 saturated heterocycles. The number of morpholine rings is 1. The van der Waals surface area contributed by atoms with Gasteiger partial charge in [0, 0.05) is 25.2 Å². The van der Waals surface area contributed by atoms with Crippen molar-refractivity contribution in [2.24, 2.45) is 0 Å². The van der Waals surface area contributed by atoms with E-state index in [4.69, 9.17) is 9.47 Å². The van der Waals surface area contributed by atoms with Crippen molar-refractivity contribution in [3.05, 3.63) is 71.3 Å². The molecule has 30 heavy (non-hydrogen) atoms. The highest BCUT2D eigenvalue weighted by Crippen LogP contribution is 2.29. The van der Waals surface area contributed by atoms with Gasteiger partial charge in [-0.2, -0.15) is 13.2 Å². The van der Waals surface area contributed by atoms with E-state index in [1.807, 2.05) is 0 Å². The molecule has 1 aliphatic heterocycles. The molecule has 0 atom stereocenters. The van der Waals surface area contributed by atoms with Gasteiger partial charge in [0.25, 0.3) is 0 Å². The van der Waals surface area contributed by atoms with E-state index in [1.165, 1.54) is 24.3 Å². The maximum atomic E-state index is 12.8. The zero-order valence-corrected chi connectivity index (χ0v) is 16.5. The van der Waals surface area contributed by atoms with Crippen molar-refractivity contribution in [1.82, 2.24) is 4.90 Å². The molecule has 0 radical (unpaired) electrons. The summed E-state index contributed by atoms with van der Waals surface area (Å²) < 4.78 is 49.3. The lowest BCUT2D eigenvalue weighted by Crippen LogP contribution is -2.37. The maximum absolute atomic E-state index is 12.8. The van der Waals surface area contributed by atoms with E-state index in [1.54, 1.807) is 24.3 Å². The van der Waals surface area contributed by atoms with Crippen LogP contribution in [0.2, 0.25) is 0 Å². The van der Waals surface area contributed by atoms with Gasteiger partial charge in [-0.05, 0) is 54.5 Å². The predicted molar refractivity (Wildman–Crippen MR) is 109 cm³/mol. The number of benzene rings is 2. The molecule has 0 aromatic heterocycles. The van der Waals surface area contributed by atoms with Gasteiger partial charge >= 0.3 is 6.18 Å². The highest BCUT2D eigenvalue weighted by molar-refractivity contribution is 6.06. The summed E-state index contributed by atoms with van der Waals surface area (Å²) in [5, 5.41) is 0. The monoisotopic (exact) mass is 419 g/mol. The fourth-order valence-electron chi connectivity index (χ4n) is 3.11. The molecule has 0 bridgehead atoms. The molecular formula is C23H24F3NO3. The average molecular weight is 419 g/mol. The van der Waals surface area contributed by atoms with Crippen LogP contribution >= 0.6 is 0 Å². The van der Waals surface area contributed by atoms with Crippen LogP contribution in [0.3, 0.4) is 0 Å². The van der Waals surface area contributed by atoms with Crippen LogP contribution in [0.25, 0.3) is 6.08 Å². The quantitative estimate of drug-likeness (QED) is 0.353. The molecule has 0 spiro atoms. The summed E-state index contributed by atoms with van der Waals surface area (Å²) in [7, 11) is 0. The zero-order valence-electron chi connectivity index (χ0n) is 16.5. The molecular weight excluding hydrogens is 395 g/mol. The molecule has 1 aliphatic rings. The number of hydrogen-bond acceptors (Lipinski definition) is 4. The SMILES string of the molecule is O=C(C=Cc1cccc(C(F)(F)F)c1)c1ccc(OCCCN2CCOCC2)cc1. The summed E-state index contributed by atoms with van der Waals surface area (Å²) >= 11 is 0. The van der Waals surface area contributed by atoms with E-state index < -0.39 is 11.7 Å². The number of carbonyl (C=O) groups is 1. The zero-order chi connectivity index (χ0) is 21.4. The van der Waals surface area contributed by atoms with Gasteiger partial charge in [-0.3, -0.25) is 9.69 Å². The summed E-state index contributed by atoms with van der Waals surface area (Å²) in [6.07, 6.45) is -0.854. The van der Waals surface area contributed by atoms with Crippen molar-refractivity contribution in [1.29, 1.82) is 0 Å². The number of hydrogen-bond donors (Lipinski definition) is 0. The molecule has 3 rings (SSSR count). The summed E-state index contributed by atoms with van der Waals surface area (Å²) in [5.74, 6) is 0.390. The number of carbonyl (C=O) groups excluding carboxylic acids is 1. The second-order valence-corrected chi connectivity index (χ2v) is 7.00. The second-order valence-electron chi connectivity index (χ2n) is 7.00. The standard InChI is InChI=1S/C23H24F3NO3/c24-23(25,26)20-4-1-3-18(17-20)5-10-22(28)19-6-8-21(9-7-19)30-14-2-11-27-12-15-29-16-13-27/h1,3-10,17H,2,11-16H2. The lowest BCUT2D eigenvalue weighted by Gasteiger charge is -2.26. The number of allylic oxidation sites excluding steroid dienone is 1. The number of ether oxygens (including phenoxy) is 2. The molecule has 0 saturated carbocycles. The highest BCUT2D eigenvalue weighted by atomic mass is 19.4. The number of ketones is 1. The molecule has 0 unspecified atom stereocenters. The minimum Gasteiger partial charge on any atom is -0.494 e. The van der Waals surface area contributed by atoms with Crippen molar-refractivity contribution in [3.8, 4) is 5.75 Å². The van der Waals surface area contributed by atoms with Gasteiger partial charge in [0.1, 0.15) is 5.75 Å². The topological polar surface area (TPSA) is 38.8 Å². The van der Waals surface area contributed by atoms with E-state index in [0.717, 1.165) is 51.4 Å². The van der Waals surface area contributed by atoms with E-state index in [9.17, 15) is 18.0 Å². The van der Waals surface area contributed by atoms with Crippen molar-refractivity contribution in [3.63, 3.8) is 0 Å². The average Bonchev–Trinajstić information content (AvgIpc) is 2.76. The first-order valence-corrected chi connectivity index (χ1v) is 9.84. The molecule has 0 N–H and O–H groups in total. The summed E-state index contributed by atoms with van der Waals surface area (Å²) in [6.45, 7) is 4.99. The Balaban J connectivity index is 1.48. The van der Waals surface area contributed by atoms with Crippen molar-refractivity contribution in [2.45, 2.75) is 12.6 Å². The number of halogens is 3. The van der Waals surface area contributed by atoms with Gasteiger partial charge in [-0.1, -0.05) is 18.2 Å².